The SMILES string of the molecule is CCOC(=O)C1(C)CC(S(=O)(=O)Cl)C1[Si](C)(C)C. The summed E-state index contributed by atoms with van der Waals surface area (Å²) in [6, 6.07) is 0. The molecule has 0 spiro atoms. The van der Waals surface area contributed by atoms with E-state index in [4.69, 9.17) is 15.4 Å². The molecule has 0 N–H and O–H groups in total. The zero-order valence-corrected chi connectivity index (χ0v) is 14.1. The summed E-state index contributed by atoms with van der Waals surface area (Å²) < 4.78 is 28.2. The minimum atomic E-state index is -3.62. The van der Waals surface area contributed by atoms with Crippen molar-refractivity contribution < 1.29 is 17.9 Å². The molecule has 0 heterocycles. The summed E-state index contributed by atoms with van der Waals surface area (Å²) in [4.78, 5) is 12.0. The van der Waals surface area contributed by atoms with Crippen LogP contribution >= 0.6 is 10.7 Å². The lowest BCUT2D eigenvalue weighted by molar-refractivity contribution is -0.159. The van der Waals surface area contributed by atoms with Gasteiger partial charge in [-0.1, -0.05) is 19.6 Å². The molecule has 1 fully saturated rings. The van der Waals surface area contributed by atoms with Crippen LogP contribution in [0.1, 0.15) is 20.3 Å². The maximum Gasteiger partial charge on any atom is 0.311 e. The van der Waals surface area contributed by atoms with E-state index in [1.807, 2.05) is 0 Å². The van der Waals surface area contributed by atoms with E-state index in [0.29, 0.717) is 6.61 Å². The third-order valence-electron chi connectivity index (χ3n) is 3.72. The molecule has 0 radical (unpaired) electrons. The Bertz CT molecular complexity index is 442. The molecule has 1 aliphatic rings. The molecule has 0 aliphatic heterocycles. The van der Waals surface area contributed by atoms with Crippen LogP contribution in [0.15, 0.2) is 0 Å². The Labute approximate surface area is 114 Å². The fourth-order valence-electron chi connectivity index (χ4n) is 3.19. The maximum absolute atomic E-state index is 12.0. The van der Waals surface area contributed by atoms with Gasteiger partial charge in [0.1, 0.15) is 0 Å². The number of hydrogen-bond acceptors (Lipinski definition) is 4. The Morgan fingerprint density at radius 2 is 1.94 bits per heavy atom. The fraction of sp³-hybridized carbons (Fsp3) is 0.909. The van der Waals surface area contributed by atoms with E-state index < -0.39 is 27.8 Å². The molecule has 0 saturated heterocycles. The van der Waals surface area contributed by atoms with Crippen LogP contribution in [0.3, 0.4) is 0 Å². The number of carbonyl (C=O) groups excluding carboxylic acids is 1. The highest BCUT2D eigenvalue weighted by Gasteiger charge is 2.64. The molecule has 4 nitrogen and oxygen atoms in total. The van der Waals surface area contributed by atoms with Crippen LogP contribution in [0.5, 0.6) is 0 Å². The first-order chi connectivity index (χ1) is 7.94. The van der Waals surface area contributed by atoms with E-state index >= 15 is 0 Å². The predicted molar refractivity (Wildman–Crippen MR) is 75.0 cm³/mol. The van der Waals surface area contributed by atoms with Crippen molar-refractivity contribution in [2.45, 2.75) is 50.7 Å². The first-order valence-electron chi connectivity index (χ1n) is 6.05. The lowest BCUT2D eigenvalue weighted by Crippen LogP contribution is -2.61. The van der Waals surface area contributed by atoms with Gasteiger partial charge in [-0.15, -0.1) is 0 Å². The van der Waals surface area contributed by atoms with Crippen LogP contribution in [0.2, 0.25) is 25.2 Å². The van der Waals surface area contributed by atoms with Crippen molar-refractivity contribution in [2.75, 3.05) is 6.61 Å². The molecule has 7 heteroatoms. The van der Waals surface area contributed by atoms with Crippen LogP contribution in [0, 0.1) is 5.41 Å². The van der Waals surface area contributed by atoms with Crippen LogP contribution in [0.25, 0.3) is 0 Å². The zero-order valence-electron chi connectivity index (χ0n) is 11.5. The third-order valence-corrected chi connectivity index (χ3v) is 8.72. The molecule has 106 valence electrons. The molecular weight excluding hydrogens is 292 g/mol. The smallest absolute Gasteiger partial charge is 0.311 e. The number of rotatable bonds is 4. The summed E-state index contributed by atoms with van der Waals surface area (Å²) in [5, 5.41) is -0.611. The van der Waals surface area contributed by atoms with Gasteiger partial charge in [0.2, 0.25) is 9.05 Å². The van der Waals surface area contributed by atoms with Crippen LogP contribution in [0.4, 0.5) is 0 Å². The van der Waals surface area contributed by atoms with Crippen molar-refractivity contribution in [1.29, 1.82) is 0 Å². The van der Waals surface area contributed by atoms with Crippen molar-refractivity contribution in [3.05, 3.63) is 0 Å². The molecule has 0 aromatic rings. The van der Waals surface area contributed by atoms with Crippen LogP contribution < -0.4 is 0 Å². The standard InChI is InChI=1S/C11H21ClO4SSi/c1-6-16-10(13)11(2)7-8(17(12,14)15)9(11)18(3,4)5/h8-9H,6-7H2,1-5H3. The second-order valence-electron chi connectivity index (χ2n) is 6.20. The Morgan fingerprint density at radius 1 is 1.44 bits per heavy atom. The minimum absolute atomic E-state index is 0.188. The largest absolute Gasteiger partial charge is 0.466 e. The second-order valence-corrected chi connectivity index (χ2v) is 14.4. The van der Waals surface area contributed by atoms with Crippen molar-refractivity contribution in [3.8, 4) is 0 Å². The van der Waals surface area contributed by atoms with Crippen LogP contribution in [-0.2, 0) is 18.6 Å². The summed E-state index contributed by atoms with van der Waals surface area (Å²) in [5.41, 5.74) is -0.890. The molecule has 1 rings (SSSR count). The van der Waals surface area contributed by atoms with Gasteiger partial charge >= 0.3 is 5.97 Å². The molecule has 1 aliphatic carbocycles. The molecular formula is C11H21ClO4SSi. The lowest BCUT2D eigenvalue weighted by atomic mass is 9.69. The van der Waals surface area contributed by atoms with Crippen molar-refractivity contribution in [1.82, 2.24) is 0 Å². The maximum atomic E-state index is 12.0. The highest BCUT2D eigenvalue weighted by molar-refractivity contribution is 8.14. The molecule has 0 amide bonds. The molecule has 18 heavy (non-hydrogen) atoms. The Kier molecular flexibility index (Phi) is 4.26. The first kappa shape index (κ1) is 16.0. The summed E-state index contributed by atoms with van der Waals surface area (Å²) in [6.07, 6.45) is 0.270. The Hall–Kier alpha value is -0.0731. The van der Waals surface area contributed by atoms with Gasteiger partial charge in [0.25, 0.3) is 0 Å². The van der Waals surface area contributed by atoms with Gasteiger partial charge in [0.05, 0.1) is 25.3 Å². The van der Waals surface area contributed by atoms with Gasteiger partial charge in [-0.25, -0.2) is 8.42 Å². The Morgan fingerprint density at radius 3 is 2.28 bits per heavy atom. The second kappa shape index (κ2) is 4.79. The monoisotopic (exact) mass is 312 g/mol. The van der Waals surface area contributed by atoms with Gasteiger partial charge in [-0.3, -0.25) is 4.79 Å². The van der Waals surface area contributed by atoms with Gasteiger partial charge in [0, 0.05) is 10.7 Å². The summed E-state index contributed by atoms with van der Waals surface area (Å²) in [6.45, 7) is 10.0. The number of esters is 1. The van der Waals surface area contributed by atoms with Gasteiger partial charge in [-0.05, 0) is 25.8 Å². The van der Waals surface area contributed by atoms with Crippen molar-refractivity contribution in [2.24, 2.45) is 5.41 Å². The molecule has 0 aromatic heterocycles. The highest BCUT2D eigenvalue weighted by atomic mass is 35.7. The van der Waals surface area contributed by atoms with Gasteiger partial charge in [-0.2, -0.15) is 0 Å². The van der Waals surface area contributed by atoms with Crippen molar-refractivity contribution in [3.63, 3.8) is 0 Å². The molecule has 1 saturated carbocycles. The van der Waals surface area contributed by atoms with E-state index in [9.17, 15) is 13.2 Å². The normalized spacial score (nSPS) is 32.8. The average molecular weight is 313 g/mol. The van der Waals surface area contributed by atoms with E-state index in [2.05, 4.69) is 19.6 Å². The fourth-order valence-corrected chi connectivity index (χ4v) is 10.3. The molecule has 3 atom stereocenters. The number of ether oxygens (including phenoxy) is 1. The van der Waals surface area contributed by atoms with Gasteiger partial charge in [0.15, 0.2) is 0 Å². The summed E-state index contributed by atoms with van der Waals surface area (Å²) in [5.74, 6) is -0.297. The van der Waals surface area contributed by atoms with Crippen LogP contribution in [-0.4, -0.2) is 34.3 Å². The molecule has 0 bridgehead atoms. The number of carbonyl (C=O) groups is 1. The lowest BCUT2D eigenvalue weighted by Gasteiger charge is -2.54. The number of halogens is 1. The predicted octanol–water partition coefficient (Wildman–Crippen LogP) is 2.61. The average Bonchev–Trinajstić information content (AvgIpc) is 2.09. The molecule has 0 aromatic carbocycles. The van der Waals surface area contributed by atoms with Gasteiger partial charge < -0.3 is 4.74 Å². The third kappa shape index (κ3) is 2.75. The zero-order chi connectivity index (χ0) is 14.4. The molecule has 3 unspecified atom stereocenters. The van der Waals surface area contributed by atoms with E-state index in [1.165, 1.54) is 0 Å². The van der Waals surface area contributed by atoms with E-state index in [1.54, 1.807) is 13.8 Å². The summed E-state index contributed by atoms with van der Waals surface area (Å²) in [7, 11) is 0.0301. The van der Waals surface area contributed by atoms with E-state index in [-0.39, 0.29) is 17.9 Å². The van der Waals surface area contributed by atoms with E-state index in [0.717, 1.165) is 0 Å². The van der Waals surface area contributed by atoms with Crippen molar-refractivity contribution >= 4 is 33.8 Å². The quantitative estimate of drug-likeness (QED) is 0.455. The number of hydrogen-bond donors (Lipinski definition) is 0. The first-order valence-corrected chi connectivity index (χ1v) is 12.0. The Balaban J connectivity index is 3.09. The summed E-state index contributed by atoms with van der Waals surface area (Å²) >= 11 is 0. The minimum Gasteiger partial charge on any atom is -0.466 e. The highest BCUT2D eigenvalue weighted by Crippen LogP contribution is 2.59. The topological polar surface area (TPSA) is 60.4 Å².